The molecule has 0 bridgehead atoms. The molecule has 190 valence electrons. The third-order valence-electron chi connectivity index (χ3n) is 7.13. The molecule has 0 spiro atoms. The molecule has 1 aliphatic rings. The number of hydrogen-bond donors (Lipinski definition) is 3. The van der Waals surface area contributed by atoms with E-state index in [1.807, 2.05) is 6.07 Å². The van der Waals surface area contributed by atoms with Gasteiger partial charge in [-0.15, -0.1) is 0 Å². The van der Waals surface area contributed by atoms with Gasteiger partial charge in [0.15, 0.2) is 11.5 Å². The third kappa shape index (κ3) is 4.32. The highest BCUT2D eigenvalue weighted by molar-refractivity contribution is 5.85. The fourth-order valence-corrected chi connectivity index (χ4v) is 5.12. The van der Waals surface area contributed by atoms with Gasteiger partial charge in [-0.3, -0.25) is 4.98 Å². The van der Waals surface area contributed by atoms with Crippen LogP contribution in [0.15, 0.2) is 48.9 Å². The average Bonchev–Trinajstić information content (AvgIpc) is 3.50. The molecule has 2 atom stereocenters. The van der Waals surface area contributed by atoms with Crippen molar-refractivity contribution in [2.75, 3.05) is 19.0 Å². The maximum absolute atomic E-state index is 14.0. The summed E-state index contributed by atoms with van der Waals surface area (Å²) in [5.74, 6) is 0.302. The van der Waals surface area contributed by atoms with Gasteiger partial charge >= 0.3 is 0 Å². The smallest absolute Gasteiger partial charge is 0.228 e. The summed E-state index contributed by atoms with van der Waals surface area (Å²) in [5, 5.41) is 20.5. The van der Waals surface area contributed by atoms with E-state index in [1.54, 1.807) is 24.7 Å². The van der Waals surface area contributed by atoms with E-state index in [4.69, 9.17) is 9.72 Å². The third-order valence-corrected chi connectivity index (χ3v) is 7.13. The predicted molar refractivity (Wildman–Crippen MR) is 138 cm³/mol. The largest absolute Gasteiger partial charge is 0.385 e. The highest BCUT2D eigenvalue weighted by atomic mass is 19.1. The highest BCUT2D eigenvalue weighted by Crippen LogP contribution is 2.32. The Morgan fingerprint density at radius 2 is 2.11 bits per heavy atom. The van der Waals surface area contributed by atoms with Gasteiger partial charge in [-0.2, -0.15) is 14.6 Å². The van der Waals surface area contributed by atoms with Crippen LogP contribution in [0.3, 0.4) is 0 Å². The minimum Gasteiger partial charge on any atom is -0.385 e. The normalized spacial score (nSPS) is 17.1. The zero-order chi connectivity index (χ0) is 25.6. The van der Waals surface area contributed by atoms with Crippen molar-refractivity contribution in [1.29, 1.82) is 0 Å². The summed E-state index contributed by atoms with van der Waals surface area (Å²) in [7, 11) is 1.59. The van der Waals surface area contributed by atoms with E-state index < -0.39 is 11.4 Å². The van der Waals surface area contributed by atoms with Gasteiger partial charge in [0.05, 0.1) is 18.0 Å². The second-order valence-corrected chi connectivity index (χ2v) is 9.78. The molecule has 1 unspecified atom stereocenters. The number of hydrogen-bond acceptors (Lipinski definition) is 7. The first kappa shape index (κ1) is 23.5. The maximum Gasteiger partial charge on any atom is 0.228 e. The van der Waals surface area contributed by atoms with Crippen LogP contribution in [0, 0.1) is 5.82 Å². The molecule has 0 saturated heterocycles. The van der Waals surface area contributed by atoms with Crippen molar-refractivity contribution in [3.63, 3.8) is 0 Å². The Balaban J connectivity index is 1.41. The Morgan fingerprint density at radius 3 is 2.95 bits per heavy atom. The lowest BCUT2D eigenvalue weighted by Gasteiger charge is -2.25. The molecule has 1 aromatic carbocycles. The number of aliphatic hydroxyl groups is 1. The molecule has 1 aliphatic carbocycles. The molecule has 0 aliphatic heterocycles. The fraction of sp³-hybridized carbons (Fsp3) is 0.333. The Morgan fingerprint density at radius 1 is 1.24 bits per heavy atom. The summed E-state index contributed by atoms with van der Waals surface area (Å²) < 4.78 is 20.8. The van der Waals surface area contributed by atoms with E-state index in [0.717, 1.165) is 31.0 Å². The number of H-pyrrole nitrogens is 1. The van der Waals surface area contributed by atoms with Gasteiger partial charge in [-0.25, -0.2) is 9.37 Å². The molecule has 5 aromatic rings. The number of methoxy groups -OCH3 is 1. The van der Waals surface area contributed by atoms with Gasteiger partial charge in [0, 0.05) is 60.1 Å². The lowest BCUT2D eigenvalue weighted by molar-refractivity contribution is 0.0221. The van der Waals surface area contributed by atoms with E-state index in [0.29, 0.717) is 41.6 Å². The Hall–Kier alpha value is -3.89. The average molecular weight is 502 g/mol. The first-order valence-electron chi connectivity index (χ1n) is 12.4. The predicted octanol–water partition coefficient (Wildman–Crippen LogP) is 4.02. The van der Waals surface area contributed by atoms with Crippen LogP contribution in [0.4, 0.5) is 10.3 Å². The van der Waals surface area contributed by atoms with Crippen molar-refractivity contribution < 1.29 is 14.2 Å². The number of fused-ring (bicyclic) bond motifs is 4. The standard InChI is InChI=1S/C27H28FN7O2/c1-27(36,9-10-37-2)21-15-30-35-25(21)33-24(16-11-17(28)14-29-13-16)34-26(35)31-18-7-8-23-20(12-18)19-5-3-4-6-22(19)32-23/h3-6,11,13-15,18,32,36H,7-10,12H2,1-2H3,(H,31,33,34)/t18-,27?/m1/s1. The Bertz CT molecular complexity index is 1590. The minimum atomic E-state index is -1.23. The van der Waals surface area contributed by atoms with Gasteiger partial charge in [-0.1, -0.05) is 18.2 Å². The van der Waals surface area contributed by atoms with Crippen LogP contribution in [0.2, 0.25) is 0 Å². The van der Waals surface area contributed by atoms with E-state index in [-0.39, 0.29) is 6.04 Å². The number of halogens is 1. The van der Waals surface area contributed by atoms with Crippen LogP contribution in [0.1, 0.15) is 36.6 Å². The van der Waals surface area contributed by atoms with Crippen LogP contribution >= 0.6 is 0 Å². The van der Waals surface area contributed by atoms with Crippen molar-refractivity contribution in [2.24, 2.45) is 0 Å². The van der Waals surface area contributed by atoms with E-state index in [1.165, 1.54) is 28.9 Å². The van der Waals surface area contributed by atoms with E-state index >= 15 is 0 Å². The maximum atomic E-state index is 14.0. The van der Waals surface area contributed by atoms with Gasteiger partial charge in [0.2, 0.25) is 5.95 Å². The topological polar surface area (TPSA) is 113 Å². The number of para-hydroxylation sites is 1. The quantitative estimate of drug-likeness (QED) is 0.309. The zero-order valence-electron chi connectivity index (χ0n) is 20.7. The summed E-state index contributed by atoms with van der Waals surface area (Å²) in [6, 6.07) is 9.79. The second kappa shape index (κ2) is 9.20. The number of benzene rings is 1. The highest BCUT2D eigenvalue weighted by Gasteiger charge is 2.30. The van der Waals surface area contributed by atoms with Crippen molar-refractivity contribution in [2.45, 2.75) is 44.2 Å². The lowest BCUT2D eigenvalue weighted by Crippen LogP contribution is -2.29. The monoisotopic (exact) mass is 501 g/mol. The number of nitrogens with zero attached hydrogens (tertiary/aromatic N) is 5. The second-order valence-electron chi connectivity index (χ2n) is 9.78. The molecule has 0 saturated carbocycles. The van der Waals surface area contributed by atoms with Crippen molar-refractivity contribution in [3.05, 3.63) is 71.6 Å². The molecule has 0 radical (unpaired) electrons. The summed E-state index contributed by atoms with van der Waals surface area (Å²) in [6.07, 6.45) is 7.27. The number of aryl methyl sites for hydroxylation is 1. The molecule has 0 fully saturated rings. The molecule has 0 amide bonds. The van der Waals surface area contributed by atoms with Gasteiger partial charge in [0.1, 0.15) is 5.82 Å². The number of ether oxygens (including phenoxy) is 1. The number of nitrogens with one attached hydrogen (secondary N) is 2. The van der Waals surface area contributed by atoms with E-state index in [9.17, 15) is 9.50 Å². The molecule has 4 aromatic heterocycles. The molecule has 3 N–H and O–H groups in total. The Kier molecular flexibility index (Phi) is 5.85. The summed E-state index contributed by atoms with van der Waals surface area (Å²) in [5.41, 5.74) is 3.93. The Labute approximate surface area is 212 Å². The van der Waals surface area contributed by atoms with Crippen molar-refractivity contribution in [3.8, 4) is 11.4 Å². The first-order valence-corrected chi connectivity index (χ1v) is 12.4. The van der Waals surface area contributed by atoms with Crippen LogP contribution in [0.5, 0.6) is 0 Å². The van der Waals surface area contributed by atoms with Crippen LogP contribution in [-0.2, 0) is 23.2 Å². The fourth-order valence-electron chi connectivity index (χ4n) is 5.12. The summed E-state index contributed by atoms with van der Waals surface area (Å²) in [6.45, 7) is 2.08. The number of pyridine rings is 1. The summed E-state index contributed by atoms with van der Waals surface area (Å²) in [4.78, 5) is 16.9. The molecular formula is C27H28FN7O2. The van der Waals surface area contributed by atoms with Crippen LogP contribution in [0.25, 0.3) is 27.9 Å². The number of anilines is 1. The summed E-state index contributed by atoms with van der Waals surface area (Å²) >= 11 is 0. The van der Waals surface area contributed by atoms with Gasteiger partial charge in [0.25, 0.3) is 0 Å². The van der Waals surface area contributed by atoms with Crippen molar-refractivity contribution >= 4 is 22.5 Å². The van der Waals surface area contributed by atoms with Crippen LogP contribution < -0.4 is 5.32 Å². The SMILES string of the molecule is COCCC(C)(O)c1cnn2c(N[C@@H]3CCc4[nH]c5ccccc5c4C3)nc(-c3cncc(F)c3)nc12. The molecule has 6 rings (SSSR count). The minimum absolute atomic E-state index is 0.102. The molecule has 37 heavy (non-hydrogen) atoms. The van der Waals surface area contributed by atoms with Crippen LogP contribution in [-0.4, -0.2) is 54.4 Å². The zero-order valence-corrected chi connectivity index (χ0v) is 20.7. The number of aromatic amines is 1. The van der Waals surface area contributed by atoms with Gasteiger partial charge in [-0.05, 0) is 43.9 Å². The van der Waals surface area contributed by atoms with Gasteiger partial charge < -0.3 is 20.1 Å². The number of rotatable bonds is 7. The molecule has 10 heteroatoms. The molecule has 9 nitrogen and oxygen atoms in total. The van der Waals surface area contributed by atoms with E-state index in [2.05, 4.69) is 43.6 Å². The lowest BCUT2D eigenvalue weighted by atomic mass is 9.91. The molecular weight excluding hydrogens is 473 g/mol. The number of aromatic nitrogens is 6. The molecule has 4 heterocycles. The first-order chi connectivity index (χ1) is 17.9. The van der Waals surface area contributed by atoms with Crippen molar-refractivity contribution in [1.82, 2.24) is 29.5 Å².